The van der Waals surface area contributed by atoms with Gasteiger partial charge in [0, 0.05) is 82.8 Å². The van der Waals surface area contributed by atoms with E-state index in [-0.39, 0.29) is 5.91 Å². The van der Waals surface area contributed by atoms with Gasteiger partial charge < -0.3 is 9.80 Å². The summed E-state index contributed by atoms with van der Waals surface area (Å²) in [5.41, 5.74) is 4.39. The lowest BCUT2D eigenvalue weighted by Gasteiger charge is -2.35. The van der Waals surface area contributed by atoms with E-state index in [9.17, 15) is 4.79 Å². The van der Waals surface area contributed by atoms with Crippen molar-refractivity contribution in [2.24, 2.45) is 0 Å². The lowest BCUT2D eigenvalue weighted by atomic mass is 10.1. The van der Waals surface area contributed by atoms with Crippen molar-refractivity contribution in [3.8, 4) is 0 Å². The van der Waals surface area contributed by atoms with E-state index in [2.05, 4.69) is 80.4 Å². The highest BCUT2D eigenvalue weighted by molar-refractivity contribution is 7.98. The molecule has 2 saturated heterocycles. The van der Waals surface area contributed by atoms with Crippen LogP contribution in [0.4, 0.5) is 5.82 Å². The van der Waals surface area contributed by atoms with Crippen molar-refractivity contribution in [3.63, 3.8) is 0 Å². The van der Waals surface area contributed by atoms with E-state index in [0.717, 1.165) is 82.4 Å². The van der Waals surface area contributed by atoms with Crippen LogP contribution in [0.15, 0.2) is 102 Å². The van der Waals surface area contributed by atoms with Gasteiger partial charge >= 0.3 is 0 Å². The highest BCUT2D eigenvalue weighted by atomic mass is 35.5. The van der Waals surface area contributed by atoms with Gasteiger partial charge in [0.15, 0.2) is 5.16 Å². The van der Waals surface area contributed by atoms with Gasteiger partial charge in [-0.1, -0.05) is 108 Å². The first kappa shape index (κ1) is 31.3. The molecule has 0 radical (unpaired) electrons. The van der Waals surface area contributed by atoms with Gasteiger partial charge in [-0.15, -0.1) is 0 Å². The summed E-state index contributed by atoms with van der Waals surface area (Å²) in [7, 11) is 0. The van der Waals surface area contributed by atoms with Crippen molar-refractivity contribution < 1.29 is 4.79 Å². The molecule has 2 fully saturated rings. The topological polar surface area (TPSA) is 55.8 Å². The molecule has 0 unspecified atom stereocenters. The smallest absolute Gasteiger partial charge is 0.253 e. The van der Waals surface area contributed by atoms with E-state index in [0.29, 0.717) is 16.1 Å². The number of halogens is 1. The van der Waals surface area contributed by atoms with E-state index >= 15 is 0 Å². The summed E-state index contributed by atoms with van der Waals surface area (Å²) in [6.45, 7) is 8.87. The summed E-state index contributed by atoms with van der Waals surface area (Å²) >= 11 is 7.99. The molecule has 0 saturated carbocycles. The summed E-state index contributed by atoms with van der Waals surface area (Å²) in [5.74, 6) is 1.68. The molecule has 0 spiro atoms. The zero-order valence-electron chi connectivity index (χ0n) is 25.5. The van der Waals surface area contributed by atoms with Crippen LogP contribution in [-0.4, -0.2) is 89.5 Å². The summed E-state index contributed by atoms with van der Waals surface area (Å²) in [6, 6.07) is 30.7. The number of piperazine rings is 2. The van der Waals surface area contributed by atoms with Gasteiger partial charge in [-0.25, -0.2) is 9.97 Å². The minimum Gasteiger partial charge on any atom is -0.354 e. The zero-order valence-corrected chi connectivity index (χ0v) is 27.0. The maximum atomic E-state index is 13.2. The summed E-state index contributed by atoms with van der Waals surface area (Å²) in [6.07, 6.45) is 4.42. The number of nitrogens with zero attached hydrogens (tertiary/aromatic N) is 6. The lowest BCUT2D eigenvalue weighted by Crippen LogP contribution is -2.48. The summed E-state index contributed by atoms with van der Waals surface area (Å²) in [4.78, 5) is 31.6. The molecular weight excluding hydrogens is 600 g/mol. The van der Waals surface area contributed by atoms with Crippen LogP contribution in [0.2, 0.25) is 5.15 Å². The Labute approximate surface area is 275 Å². The quantitative estimate of drug-likeness (QED) is 0.116. The van der Waals surface area contributed by atoms with Gasteiger partial charge in [0.1, 0.15) is 11.0 Å². The summed E-state index contributed by atoms with van der Waals surface area (Å²) < 4.78 is 0. The monoisotopic (exact) mass is 638 g/mol. The minimum absolute atomic E-state index is 0.101. The minimum atomic E-state index is 0.101. The predicted octanol–water partition coefficient (Wildman–Crippen LogP) is 6.22. The number of anilines is 1. The van der Waals surface area contributed by atoms with Crippen molar-refractivity contribution >= 4 is 41.2 Å². The molecule has 7 nitrogen and oxygen atoms in total. The number of hydrogen-bond acceptors (Lipinski definition) is 7. The average molecular weight is 639 g/mol. The van der Waals surface area contributed by atoms with Gasteiger partial charge in [0.2, 0.25) is 0 Å². The number of amides is 1. The fraction of sp³-hybridized carbons (Fsp3) is 0.306. The first-order chi connectivity index (χ1) is 22.1. The number of thioether (sulfide) groups is 1. The average Bonchev–Trinajstić information content (AvgIpc) is 3.09. The SMILES string of the molecule is O=C(c1ccc(CSc2nc(Cl)cc(N3CCN(C/C=C/c4ccccc4)CC3)n2)cc1)N1CCN(Cc2ccccc2)CC1. The van der Waals surface area contributed by atoms with Gasteiger partial charge in [-0.2, -0.15) is 0 Å². The largest absolute Gasteiger partial charge is 0.354 e. The molecule has 0 bridgehead atoms. The van der Waals surface area contributed by atoms with Crippen molar-refractivity contribution in [2.45, 2.75) is 17.5 Å². The fourth-order valence-corrected chi connectivity index (χ4v) is 6.74. The summed E-state index contributed by atoms with van der Waals surface area (Å²) in [5, 5.41) is 1.12. The second kappa shape index (κ2) is 15.5. The highest BCUT2D eigenvalue weighted by Gasteiger charge is 2.22. The number of aromatic nitrogens is 2. The molecule has 232 valence electrons. The molecule has 1 aromatic heterocycles. The van der Waals surface area contributed by atoms with Crippen LogP contribution in [0.1, 0.15) is 27.0 Å². The molecule has 4 aromatic rings. The van der Waals surface area contributed by atoms with Gasteiger partial charge in [-0.3, -0.25) is 14.6 Å². The molecule has 0 N–H and O–H groups in total. The first-order valence-electron chi connectivity index (χ1n) is 15.6. The van der Waals surface area contributed by atoms with Crippen LogP contribution >= 0.6 is 23.4 Å². The Bertz CT molecular complexity index is 1550. The number of rotatable bonds is 10. The van der Waals surface area contributed by atoms with Gasteiger partial charge in [-0.05, 0) is 28.8 Å². The Kier molecular flexibility index (Phi) is 10.8. The Hall–Kier alpha value is -3.69. The Morgan fingerprint density at radius 1 is 0.756 bits per heavy atom. The van der Waals surface area contributed by atoms with Crippen LogP contribution in [0, 0.1) is 0 Å². The third-order valence-corrected chi connectivity index (χ3v) is 9.42. The molecule has 3 heterocycles. The third kappa shape index (κ3) is 8.95. The van der Waals surface area contributed by atoms with Crippen molar-refractivity contribution in [2.75, 3.05) is 63.8 Å². The molecule has 2 aliphatic rings. The number of carbonyl (C=O) groups excluding carboxylic acids is 1. The van der Waals surface area contributed by atoms with E-state index in [1.54, 1.807) is 11.8 Å². The van der Waals surface area contributed by atoms with Gasteiger partial charge in [0.25, 0.3) is 5.91 Å². The molecule has 45 heavy (non-hydrogen) atoms. The Morgan fingerprint density at radius 2 is 1.42 bits per heavy atom. The normalized spacial score (nSPS) is 16.4. The standard InChI is InChI=1S/C36H39ClN6OS/c37-33-26-34(42-22-18-40(19-23-42)17-7-12-29-8-3-1-4-9-29)39-36(38-33)45-28-31-13-15-32(16-14-31)35(44)43-24-20-41(21-25-43)27-30-10-5-2-6-11-30/h1-16,26H,17-25,27-28H2/b12-7+. The molecule has 2 aliphatic heterocycles. The van der Waals surface area contributed by atoms with E-state index in [4.69, 9.17) is 16.6 Å². The second-order valence-corrected chi connectivity index (χ2v) is 12.8. The number of hydrogen-bond donors (Lipinski definition) is 0. The Balaban J connectivity index is 0.960. The van der Waals surface area contributed by atoms with Crippen LogP contribution < -0.4 is 4.90 Å². The third-order valence-electron chi connectivity index (χ3n) is 8.31. The number of carbonyl (C=O) groups is 1. The van der Waals surface area contributed by atoms with Crippen LogP contribution in [0.5, 0.6) is 0 Å². The van der Waals surface area contributed by atoms with Crippen molar-refractivity contribution in [1.82, 2.24) is 24.7 Å². The van der Waals surface area contributed by atoms with Crippen LogP contribution in [-0.2, 0) is 12.3 Å². The lowest BCUT2D eigenvalue weighted by molar-refractivity contribution is 0.0628. The molecule has 9 heteroatoms. The van der Waals surface area contributed by atoms with Gasteiger partial charge in [0.05, 0.1) is 0 Å². The molecule has 1 amide bonds. The maximum Gasteiger partial charge on any atom is 0.253 e. The second-order valence-electron chi connectivity index (χ2n) is 11.5. The van der Waals surface area contributed by atoms with E-state index < -0.39 is 0 Å². The van der Waals surface area contributed by atoms with E-state index in [1.165, 1.54) is 11.1 Å². The Morgan fingerprint density at radius 3 is 2.13 bits per heavy atom. The zero-order chi connectivity index (χ0) is 30.8. The number of benzene rings is 3. The predicted molar refractivity (Wildman–Crippen MR) is 185 cm³/mol. The fourth-order valence-electron chi connectivity index (χ4n) is 5.70. The molecule has 3 aromatic carbocycles. The van der Waals surface area contributed by atoms with E-state index in [1.807, 2.05) is 47.4 Å². The van der Waals surface area contributed by atoms with Crippen LogP contribution in [0.25, 0.3) is 6.08 Å². The maximum absolute atomic E-state index is 13.2. The molecule has 0 aliphatic carbocycles. The molecule has 6 rings (SSSR count). The molecular formula is C36H39ClN6OS. The van der Waals surface area contributed by atoms with Crippen molar-refractivity contribution in [3.05, 3.63) is 124 Å². The first-order valence-corrected chi connectivity index (χ1v) is 17.0. The molecule has 0 atom stereocenters. The highest BCUT2D eigenvalue weighted by Crippen LogP contribution is 2.26. The van der Waals surface area contributed by atoms with Crippen LogP contribution in [0.3, 0.4) is 0 Å². The van der Waals surface area contributed by atoms with Crippen molar-refractivity contribution in [1.29, 1.82) is 0 Å².